The van der Waals surface area contributed by atoms with E-state index in [1.165, 1.54) is 0 Å². The van der Waals surface area contributed by atoms with Crippen LogP contribution in [0, 0.1) is 17.3 Å². The molecule has 1 aliphatic carbocycles. The summed E-state index contributed by atoms with van der Waals surface area (Å²) >= 11 is 0. The van der Waals surface area contributed by atoms with Gasteiger partial charge < -0.3 is 5.11 Å². The predicted molar refractivity (Wildman–Crippen MR) is 57.4 cm³/mol. The van der Waals surface area contributed by atoms with Gasteiger partial charge in [-0.05, 0) is 24.2 Å². The van der Waals surface area contributed by atoms with Gasteiger partial charge in [-0.1, -0.05) is 33.6 Å². The highest BCUT2D eigenvalue weighted by Crippen LogP contribution is 2.43. The summed E-state index contributed by atoms with van der Waals surface area (Å²) in [6.07, 6.45) is 2.06. The zero-order chi connectivity index (χ0) is 11.6. The number of carboxylic acid groups (broad SMARTS) is 1. The Bertz CT molecular complexity index is 232. The molecule has 0 aromatic heterocycles. The molecular formula is C12H21FO2. The summed E-state index contributed by atoms with van der Waals surface area (Å²) in [5.74, 6) is -1.40. The Labute approximate surface area is 90.9 Å². The molecule has 0 aromatic rings. The van der Waals surface area contributed by atoms with Gasteiger partial charge in [-0.2, -0.15) is 0 Å². The van der Waals surface area contributed by atoms with Crippen molar-refractivity contribution in [2.45, 2.75) is 52.6 Å². The molecule has 3 heteroatoms. The molecule has 3 unspecified atom stereocenters. The first kappa shape index (κ1) is 12.5. The fourth-order valence-corrected chi connectivity index (χ4v) is 2.77. The summed E-state index contributed by atoms with van der Waals surface area (Å²) in [6.45, 7) is 6.22. The van der Waals surface area contributed by atoms with E-state index < -0.39 is 12.1 Å². The fraction of sp³-hybridized carbons (Fsp3) is 0.917. The van der Waals surface area contributed by atoms with Gasteiger partial charge in [-0.15, -0.1) is 0 Å². The van der Waals surface area contributed by atoms with Crippen molar-refractivity contribution in [3.05, 3.63) is 0 Å². The highest BCUT2D eigenvalue weighted by Gasteiger charge is 2.41. The second kappa shape index (κ2) is 4.50. The average Bonchev–Trinajstić information content (AvgIpc) is 2.15. The van der Waals surface area contributed by atoms with E-state index in [1.54, 1.807) is 0 Å². The highest BCUT2D eigenvalue weighted by atomic mass is 19.1. The zero-order valence-corrected chi connectivity index (χ0v) is 9.79. The van der Waals surface area contributed by atoms with Crippen LogP contribution in [0.4, 0.5) is 4.39 Å². The first-order chi connectivity index (χ1) is 6.84. The molecule has 1 fully saturated rings. The van der Waals surface area contributed by atoms with E-state index >= 15 is 0 Å². The number of aliphatic carboxylic acids is 1. The molecule has 0 aliphatic heterocycles. The van der Waals surface area contributed by atoms with E-state index in [1.807, 2.05) is 0 Å². The molecule has 0 aromatic carbocycles. The number of carboxylic acids is 1. The normalized spacial score (nSPS) is 29.9. The number of hydrogen-bond donors (Lipinski definition) is 1. The lowest BCUT2D eigenvalue weighted by Crippen LogP contribution is -2.39. The Morgan fingerprint density at radius 1 is 1.33 bits per heavy atom. The molecule has 0 radical (unpaired) electrons. The molecule has 1 N–H and O–H groups in total. The van der Waals surface area contributed by atoms with Gasteiger partial charge in [0.05, 0.1) is 0 Å². The van der Waals surface area contributed by atoms with Crippen LogP contribution in [-0.4, -0.2) is 17.2 Å². The van der Waals surface area contributed by atoms with Crippen LogP contribution >= 0.6 is 0 Å². The van der Waals surface area contributed by atoms with Crippen LogP contribution in [0.3, 0.4) is 0 Å². The molecule has 0 heterocycles. The topological polar surface area (TPSA) is 37.3 Å². The molecule has 15 heavy (non-hydrogen) atoms. The largest absolute Gasteiger partial charge is 0.479 e. The van der Waals surface area contributed by atoms with Gasteiger partial charge in [-0.25, -0.2) is 9.18 Å². The number of rotatable bonds is 2. The summed E-state index contributed by atoms with van der Waals surface area (Å²) < 4.78 is 13.6. The van der Waals surface area contributed by atoms with Crippen LogP contribution in [0.1, 0.15) is 46.5 Å². The lowest BCUT2D eigenvalue weighted by atomic mass is 9.65. The molecule has 0 bridgehead atoms. The smallest absolute Gasteiger partial charge is 0.338 e. The van der Waals surface area contributed by atoms with Crippen molar-refractivity contribution in [3.63, 3.8) is 0 Å². The van der Waals surface area contributed by atoms with Gasteiger partial charge >= 0.3 is 5.97 Å². The molecular weight excluding hydrogens is 195 g/mol. The van der Waals surface area contributed by atoms with E-state index in [2.05, 4.69) is 20.8 Å². The van der Waals surface area contributed by atoms with Gasteiger partial charge in [0.2, 0.25) is 0 Å². The predicted octanol–water partition coefficient (Wildman–Crippen LogP) is 3.26. The summed E-state index contributed by atoms with van der Waals surface area (Å²) in [6, 6.07) is 0. The van der Waals surface area contributed by atoms with E-state index in [9.17, 15) is 9.18 Å². The molecule has 2 nitrogen and oxygen atoms in total. The number of carbonyl (C=O) groups is 1. The second-order valence-corrected chi connectivity index (χ2v) is 5.66. The van der Waals surface area contributed by atoms with Crippen LogP contribution in [-0.2, 0) is 4.79 Å². The summed E-state index contributed by atoms with van der Waals surface area (Å²) in [5, 5.41) is 8.74. The summed E-state index contributed by atoms with van der Waals surface area (Å²) in [4.78, 5) is 10.7. The SMILES string of the molecule is CC(C)(C)C1CCCCC1C(F)C(=O)O. The van der Waals surface area contributed by atoms with Crippen LogP contribution in [0.5, 0.6) is 0 Å². The Kier molecular flexibility index (Phi) is 3.74. The minimum atomic E-state index is -1.69. The monoisotopic (exact) mass is 216 g/mol. The van der Waals surface area contributed by atoms with Crippen molar-refractivity contribution in [1.82, 2.24) is 0 Å². The number of alkyl halides is 1. The van der Waals surface area contributed by atoms with Crippen LogP contribution in [0.15, 0.2) is 0 Å². The fourth-order valence-electron chi connectivity index (χ4n) is 2.77. The molecule has 0 spiro atoms. The molecule has 0 amide bonds. The maximum atomic E-state index is 13.6. The van der Waals surface area contributed by atoms with E-state index in [0.717, 1.165) is 25.7 Å². The maximum Gasteiger partial charge on any atom is 0.338 e. The van der Waals surface area contributed by atoms with E-state index in [0.29, 0.717) is 0 Å². The van der Waals surface area contributed by atoms with E-state index in [-0.39, 0.29) is 17.3 Å². The third kappa shape index (κ3) is 2.93. The van der Waals surface area contributed by atoms with Crippen molar-refractivity contribution in [1.29, 1.82) is 0 Å². The Balaban J connectivity index is 2.78. The Morgan fingerprint density at radius 3 is 2.33 bits per heavy atom. The van der Waals surface area contributed by atoms with Gasteiger partial charge in [0.1, 0.15) is 0 Å². The third-order valence-corrected chi connectivity index (χ3v) is 3.54. The minimum Gasteiger partial charge on any atom is -0.479 e. The van der Waals surface area contributed by atoms with Crippen molar-refractivity contribution < 1.29 is 14.3 Å². The summed E-state index contributed by atoms with van der Waals surface area (Å²) in [5.41, 5.74) is 0.00484. The van der Waals surface area contributed by atoms with Crippen LogP contribution in [0.2, 0.25) is 0 Å². The lowest BCUT2D eigenvalue weighted by molar-refractivity contribution is -0.147. The zero-order valence-electron chi connectivity index (χ0n) is 9.79. The van der Waals surface area contributed by atoms with Gasteiger partial charge in [0.15, 0.2) is 6.17 Å². The molecule has 1 aliphatic rings. The first-order valence-electron chi connectivity index (χ1n) is 5.71. The maximum absolute atomic E-state index is 13.6. The molecule has 3 atom stereocenters. The van der Waals surface area contributed by atoms with Crippen molar-refractivity contribution in [2.24, 2.45) is 17.3 Å². The van der Waals surface area contributed by atoms with Crippen molar-refractivity contribution >= 4 is 5.97 Å². The molecule has 1 saturated carbocycles. The van der Waals surface area contributed by atoms with Crippen LogP contribution in [0.25, 0.3) is 0 Å². The molecule has 88 valence electrons. The minimum absolute atomic E-state index is 0.00484. The third-order valence-electron chi connectivity index (χ3n) is 3.54. The lowest BCUT2D eigenvalue weighted by Gasteiger charge is -2.40. The number of hydrogen-bond acceptors (Lipinski definition) is 1. The summed E-state index contributed by atoms with van der Waals surface area (Å²) in [7, 11) is 0. The van der Waals surface area contributed by atoms with E-state index in [4.69, 9.17) is 5.11 Å². The first-order valence-corrected chi connectivity index (χ1v) is 5.71. The Morgan fingerprint density at radius 2 is 1.87 bits per heavy atom. The second-order valence-electron chi connectivity index (χ2n) is 5.66. The van der Waals surface area contributed by atoms with Crippen molar-refractivity contribution in [2.75, 3.05) is 0 Å². The quantitative estimate of drug-likeness (QED) is 0.769. The van der Waals surface area contributed by atoms with Gasteiger partial charge in [0, 0.05) is 5.92 Å². The highest BCUT2D eigenvalue weighted by molar-refractivity contribution is 5.72. The van der Waals surface area contributed by atoms with Crippen LogP contribution < -0.4 is 0 Å². The average molecular weight is 216 g/mol. The number of halogens is 1. The molecule has 0 saturated heterocycles. The Hall–Kier alpha value is -0.600. The van der Waals surface area contributed by atoms with Crippen molar-refractivity contribution in [3.8, 4) is 0 Å². The van der Waals surface area contributed by atoms with Gasteiger partial charge in [-0.3, -0.25) is 0 Å². The van der Waals surface area contributed by atoms with Gasteiger partial charge in [0.25, 0.3) is 0 Å². The standard InChI is InChI=1S/C12H21FO2/c1-12(2,3)9-7-5-4-6-8(9)10(13)11(14)15/h8-10H,4-7H2,1-3H3,(H,14,15). The molecule has 1 rings (SSSR count).